The molecule has 0 amide bonds. The van der Waals surface area contributed by atoms with Gasteiger partial charge in [-0.25, -0.2) is 0 Å². The normalized spacial score (nSPS) is 20.4. The van der Waals surface area contributed by atoms with Gasteiger partial charge in [-0.1, -0.05) is 15.9 Å². The minimum atomic E-state index is 0.0231. The molecule has 0 saturated carbocycles. The van der Waals surface area contributed by atoms with Crippen molar-refractivity contribution >= 4 is 15.9 Å². The van der Waals surface area contributed by atoms with Crippen LogP contribution in [0.25, 0.3) is 0 Å². The molecule has 1 aliphatic heterocycles. The van der Waals surface area contributed by atoms with Crippen LogP contribution < -0.4 is 10.5 Å². The van der Waals surface area contributed by atoms with Crippen LogP contribution in [0.1, 0.15) is 17.2 Å². The molecule has 0 saturated heterocycles. The van der Waals surface area contributed by atoms with Crippen molar-refractivity contribution in [3.63, 3.8) is 0 Å². The van der Waals surface area contributed by atoms with Gasteiger partial charge in [0.25, 0.3) is 0 Å². The second kappa shape index (κ2) is 2.75. The van der Waals surface area contributed by atoms with Crippen molar-refractivity contribution in [1.29, 1.82) is 0 Å². The highest BCUT2D eigenvalue weighted by molar-refractivity contribution is 9.10. The third-order valence-corrected chi connectivity index (χ3v) is 2.68. The molecule has 1 atom stereocenters. The first-order chi connectivity index (χ1) is 5.68. The Labute approximate surface area is 79.8 Å². The number of rotatable bonds is 0. The lowest BCUT2D eigenvalue weighted by molar-refractivity contribution is 0.333. The smallest absolute Gasteiger partial charge is 0.125 e. The molecule has 0 radical (unpaired) electrons. The Balaban J connectivity index is 2.60. The Hall–Kier alpha value is -0.540. The van der Waals surface area contributed by atoms with Gasteiger partial charge in [0.1, 0.15) is 12.4 Å². The van der Waals surface area contributed by atoms with E-state index in [2.05, 4.69) is 22.0 Å². The summed E-state index contributed by atoms with van der Waals surface area (Å²) in [5.41, 5.74) is 8.13. The summed E-state index contributed by atoms with van der Waals surface area (Å²) in [6.45, 7) is 2.63. The van der Waals surface area contributed by atoms with Crippen molar-refractivity contribution in [2.24, 2.45) is 5.73 Å². The van der Waals surface area contributed by atoms with Crippen LogP contribution in [-0.2, 0) is 0 Å². The number of halogens is 1. The minimum absolute atomic E-state index is 0.0231. The van der Waals surface area contributed by atoms with Gasteiger partial charge >= 0.3 is 0 Å². The van der Waals surface area contributed by atoms with Crippen LogP contribution in [0.5, 0.6) is 5.75 Å². The molecule has 0 fully saturated rings. The van der Waals surface area contributed by atoms with Crippen molar-refractivity contribution in [2.75, 3.05) is 6.61 Å². The zero-order valence-electron chi connectivity index (χ0n) is 6.80. The van der Waals surface area contributed by atoms with Crippen LogP contribution in [0.4, 0.5) is 0 Å². The van der Waals surface area contributed by atoms with Gasteiger partial charge in [-0.15, -0.1) is 0 Å². The van der Waals surface area contributed by atoms with E-state index in [-0.39, 0.29) is 6.04 Å². The molecule has 0 aliphatic carbocycles. The molecule has 0 spiro atoms. The van der Waals surface area contributed by atoms with E-state index in [1.54, 1.807) is 0 Å². The van der Waals surface area contributed by atoms with Gasteiger partial charge in [-0.05, 0) is 24.6 Å². The average Bonchev–Trinajstić information content (AvgIpc) is 2.31. The highest BCUT2D eigenvalue weighted by Gasteiger charge is 2.23. The van der Waals surface area contributed by atoms with E-state index in [1.807, 2.05) is 13.0 Å². The van der Waals surface area contributed by atoms with Crippen LogP contribution in [0.3, 0.4) is 0 Å². The first kappa shape index (κ1) is 8.08. The molecule has 0 bridgehead atoms. The molecule has 12 heavy (non-hydrogen) atoms. The predicted octanol–water partition coefficient (Wildman–Crippen LogP) is 2.15. The Morgan fingerprint density at radius 2 is 2.33 bits per heavy atom. The first-order valence-electron chi connectivity index (χ1n) is 3.87. The number of hydrogen-bond acceptors (Lipinski definition) is 2. The molecule has 2 nitrogen and oxygen atoms in total. The van der Waals surface area contributed by atoms with E-state index in [9.17, 15) is 0 Å². The Morgan fingerprint density at radius 1 is 1.58 bits per heavy atom. The third-order valence-electron chi connectivity index (χ3n) is 2.03. The molecule has 1 aromatic carbocycles. The van der Waals surface area contributed by atoms with E-state index in [0.717, 1.165) is 15.8 Å². The van der Waals surface area contributed by atoms with Gasteiger partial charge in [0.05, 0.1) is 6.04 Å². The van der Waals surface area contributed by atoms with Crippen LogP contribution >= 0.6 is 15.9 Å². The third kappa shape index (κ3) is 1.13. The standard InChI is InChI=1S/C9H10BrNO/c1-5-2-6(10)9-7(11)4-12-8(9)3-5/h2-3,7H,4,11H2,1H3/t7-/m0/s1. The molecule has 2 rings (SSSR count). The summed E-state index contributed by atoms with van der Waals surface area (Å²) in [6.07, 6.45) is 0. The summed E-state index contributed by atoms with van der Waals surface area (Å²) in [7, 11) is 0. The largest absolute Gasteiger partial charge is 0.491 e. The lowest BCUT2D eigenvalue weighted by atomic mass is 10.1. The maximum atomic E-state index is 5.84. The zero-order chi connectivity index (χ0) is 8.72. The summed E-state index contributed by atoms with van der Waals surface area (Å²) in [6, 6.07) is 4.11. The lowest BCUT2D eigenvalue weighted by Crippen LogP contribution is -2.11. The van der Waals surface area contributed by atoms with Crippen molar-refractivity contribution in [2.45, 2.75) is 13.0 Å². The van der Waals surface area contributed by atoms with Gasteiger partial charge in [-0.2, -0.15) is 0 Å². The quantitative estimate of drug-likeness (QED) is 0.738. The summed E-state index contributed by atoms with van der Waals surface area (Å²) in [5, 5.41) is 0. The zero-order valence-corrected chi connectivity index (χ0v) is 8.39. The van der Waals surface area contributed by atoms with Gasteiger partial charge in [-0.3, -0.25) is 0 Å². The van der Waals surface area contributed by atoms with E-state index in [1.165, 1.54) is 5.56 Å². The van der Waals surface area contributed by atoms with Gasteiger partial charge in [0.15, 0.2) is 0 Å². The van der Waals surface area contributed by atoms with Gasteiger partial charge < -0.3 is 10.5 Å². The highest BCUT2D eigenvalue weighted by Crippen LogP contribution is 2.37. The second-order valence-corrected chi connectivity index (χ2v) is 3.93. The Morgan fingerprint density at radius 3 is 3.08 bits per heavy atom. The molecule has 1 aliphatic rings. The second-order valence-electron chi connectivity index (χ2n) is 3.08. The van der Waals surface area contributed by atoms with Crippen molar-refractivity contribution in [3.8, 4) is 5.75 Å². The topological polar surface area (TPSA) is 35.2 Å². The molecular weight excluding hydrogens is 218 g/mol. The minimum Gasteiger partial charge on any atom is -0.491 e. The van der Waals surface area contributed by atoms with Crippen LogP contribution in [0.2, 0.25) is 0 Å². The molecule has 0 aromatic heterocycles. The average molecular weight is 228 g/mol. The summed E-state index contributed by atoms with van der Waals surface area (Å²) >= 11 is 3.48. The van der Waals surface area contributed by atoms with Crippen molar-refractivity contribution in [3.05, 3.63) is 27.7 Å². The number of hydrogen-bond donors (Lipinski definition) is 1. The van der Waals surface area contributed by atoms with E-state index < -0.39 is 0 Å². The Bertz CT molecular complexity index is 325. The fourth-order valence-electron chi connectivity index (χ4n) is 1.46. The van der Waals surface area contributed by atoms with Gasteiger partial charge in [0, 0.05) is 10.0 Å². The number of fused-ring (bicyclic) bond motifs is 1. The fourth-order valence-corrected chi connectivity index (χ4v) is 2.31. The summed E-state index contributed by atoms with van der Waals surface area (Å²) in [5.74, 6) is 0.925. The summed E-state index contributed by atoms with van der Waals surface area (Å²) in [4.78, 5) is 0. The molecule has 3 heteroatoms. The van der Waals surface area contributed by atoms with E-state index >= 15 is 0 Å². The van der Waals surface area contributed by atoms with Crippen LogP contribution in [0, 0.1) is 6.92 Å². The monoisotopic (exact) mass is 227 g/mol. The molecule has 64 valence electrons. The maximum absolute atomic E-state index is 5.84. The van der Waals surface area contributed by atoms with Crippen LogP contribution in [0.15, 0.2) is 16.6 Å². The molecule has 0 unspecified atom stereocenters. The van der Waals surface area contributed by atoms with E-state index in [4.69, 9.17) is 10.5 Å². The number of nitrogens with two attached hydrogens (primary N) is 1. The van der Waals surface area contributed by atoms with Gasteiger partial charge in [0.2, 0.25) is 0 Å². The van der Waals surface area contributed by atoms with Crippen LogP contribution in [-0.4, -0.2) is 6.61 Å². The fraction of sp³-hybridized carbons (Fsp3) is 0.333. The Kier molecular flexibility index (Phi) is 1.85. The summed E-state index contributed by atoms with van der Waals surface area (Å²) < 4.78 is 6.48. The molecule has 1 heterocycles. The SMILES string of the molecule is Cc1cc(Br)c2c(c1)OC[C@@H]2N. The highest BCUT2D eigenvalue weighted by atomic mass is 79.9. The predicted molar refractivity (Wildman–Crippen MR) is 51.3 cm³/mol. The van der Waals surface area contributed by atoms with E-state index in [0.29, 0.717) is 6.61 Å². The number of aryl methyl sites for hydroxylation is 1. The molecule has 2 N–H and O–H groups in total. The molecule has 1 aromatic rings. The number of benzene rings is 1. The number of ether oxygens (including phenoxy) is 1. The molecular formula is C9H10BrNO. The van der Waals surface area contributed by atoms with Crippen molar-refractivity contribution in [1.82, 2.24) is 0 Å². The maximum Gasteiger partial charge on any atom is 0.125 e. The van der Waals surface area contributed by atoms with Crippen molar-refractivity contribution < 1.29 is 4.74 Å². The lowest BCUT2D eigenvalue weighted by Gasteiger charge is -2.04. The first-order valence-corrected chi connectivity index (χ1v) is 4.66.